The average Bonchev–Trinajstić information content (AvgIpc) is 3.35. The van der Waals surface area contributed by atoms with Crippen LogP contribution in [-0.2, 0) is 11.0 Å². The summed E-state index contributed by atoms with van der Waals surface area (Å²) in [7, 11) is -1.20. The Morgan fingerprint density at radius 1 is 1.22 bits per heavy atom. The molecule has 3 aromatic rings. The van der Waals surface area contributed by atoms with Gasteiger partial charge in [-0.2, -0.15) is 5.10 Å². The van der Waals surface area contributed by atoms with Gasteiger partial charge in [-0.25, -0.2) is 18.4 Å². The second-order valence-corrected chi connectivity index (χ2v) is 12.3. The summed E-state index contributed by atoms with van der Waals surface area (Å²) >= 11 is 3.59. The molecule has 0 bridgehead atoms. The zero-order valence-electron chi connectivity index (χ0n) is 18.8. The molecule has 0 radical (unpaired) electrons. The van der Waals surface area contributed by atoms with Crippen molar-refractivity contribution in [1.82, 2.24) is 19.3 Å². The summed E-state index contributed by atoms with van der Waals surface area (Å²) in [5, 5.41) is 4.43. The number of fused-ring (bicyclic) bond motifs is 2. The highest BCUT2D eigenvalue weighted by atomic mass is 79.9. The molecule has 7 nitrogen and oxygen atoms in total. The first-order chi connectivity index (χ1) is 15.2. The van der Waals surface area contributed by atoms with Gasteiger partial charge >= 0.3 is 0 Å². The summed E-state index contributed by atoms with van der Waals surface area (Å²) in [4.78, 5) is 7.18. The zero-order chi connectivity index (χ0) is 22.7. The molecule has 1 aromatic carbocycles. The fourth-order valence-corrected chi connectivity index (χ4v) is 5.87. The largest absolute Gasteiger partial charge is 0.485 e. The predicted octanol–water partition coefficient (Wildman–Crippen LogP) is 4.32. The van der Waals surface area contributed by atoms with E-state index in [9.17, 15) is 4.21 Å². The Hall–Kier alpha value is -1.97. The van der Waals surface area contributed by atoms with Gasteiger partial charge in [-0.15, -0.1) is 0 Å². The van der Waals surface area contributed by atoms with Gasteiger partial charge < -0.3 is 9.64 Å². The number of nitrogens with one attached hydrogen (secondary N) is 1. The number of benzene rings is 1. The number of halogens is 1. The number of hydrogen-bond acceptors (Lipinski definition) is 5. The molecule has 1 unspecified atom stereocenters. The van der Waals surface area contributed by atoms with E-state index in [4.69, 9.17) is 9.72 Å². The van der Waals surface area contributed by atoms with Crippen LogP contribution in [-0.4, -0.2) is 42.2 Å². The molecule has 2 aliphatic rings. The number of para-hydroxylation sites is 1. The molecular weight excluding hydrogens is 490 g/mol. The summed E-state index contributed by atoms with van der Waals surface area (Å²) < 4.78 is 25.5. The molecule has 4 heterocycles. The van der Waals surface area contributed by atoms with Gasteiger partial charge in [0.15, 0.2) is 5.82 Å². The third kappa shape index (κ3) is 3.54. The third-order valence-corrected chi connectivity index (χ3v) is 8.86. The van der Waals surface area contributed by atoms with Crippen molar-refractivity contribution in [3.8, 4) is 5.75 Å². The molecule has 9 heteroatoms. The van der Waals surface area contributed by atoms with E-state index in [2.05, 4.69) is 36.7 Å². The fourth-order valence-electron chi connectivity index (χ4n) is 4.59. The number of nitrogens with zero attached hydrogens (tertiary/aromatic N) is 4. The average molecular weight is 518 g/mol. The number of rotatable bonds is 3. The van der Waals surface area contributed by atoms with Crippen LogP contribution in [0.15, 0.2) is 41.1 Å². The minimum atomic E-state index is -1.20. The van der Waals surface area contributed by atoms with Crippen LogP contribution in [0.2, 0.25) is 0 Å². The molecule has 5 rings (SSSR count). The first-order valence-electron chi connectivity index (χ1n) is 10.9. The summed E-state index contributed by atoms with van der Waals surface area (Å²) in [5.74, 6) is 1.83. The zero-order valence-corrected chi connectivity index (χ0v) is 21.2. The lowest BCUT2D eigenvalue weighted by Crippen LogP contribution is -2.54. The molecule has 1 saturated heterocycles. The quantitative estimate of drug-likeness (QED) is 0.559. The molecule has 0 aliphatic carbocycles. The smallest absolute Gasteiger partial charge is 0.155 e. The monoisotopic (exact) mass is 517 g/mol. The molecule has 0 amide bonds. The van der Waals surface area contributed by atoms with Crippen LogP contribution in [0.3, 0.4) is 0 Å². The lowest BCUT2D eigenvalue weighted by molar-refractivity contribution is 0.0384. The highest BCUT2D eigenvalue weighted by Crippen LogP contribution is 2.49. The van der Waals surface area contributed by atoms with E-state index < -0.39 is 16.6 Å². The lowest BCUT2D eigenvalue weighted by atomic mass is 9.83. The Bertz CT molecular complexity index is 1200. The highest BCUT2D eigenvalue weighted by molar-refractivity contribution is 9.10. The van der Waals surface area contributed by atoms with E-state index in [0.29, 0.717) is 0 Å². The van der Waals surface area contributed by atoms with Crippen molar-refractivity contribution >= 4 is 38.3 Å². The Balaban J connectivity index is 1.44. The Kier molecular flexibility index (Phi) is 5.34. The molecule has 0 saturated carbocycles. The van der Waals surface area contributed by atoms with E-state index in [1.54, 1.807) is 6.20 Å². The van der Waals surface area contributed by atoms with Crippen molar-refractivity contribution in [1.29, 1.82) is 0 Å². The second kappa shape index (κ2) is 7.81. The first-order valence-corrected chi connectivity index (χ1v) is 12.8. The van der Waals surface area contributed by atoms with Gasteiger partial charge in [0.2, 0.25) is 0 Å². The third-order valence-electron chi connectivity index (χ3n) is 6.39. The van der Waals surface area contributed by atoms with Crippen LogP contribution >= 0.6 is 15.9 Å². The van der Waals surface area contributed by atoms with Crippen LogP contribution in [0.25, 0.3) is 5.52 Å². The maximum atomic E-state index is 13.0. The van der Waals surface area contributed by atoms with Crippen molar-refractivity contribution in [2.45, 2.75) is 56.9 Å². The summed E-state index contributed by atoms with van der Waals surface area (Å²) in [6, 6.07) is 10.0. The summed E-state index contributed by atoms with van der Waals surface area (Å²) in [5.41, 5.74) is 2.55. The molecular formula is C23H28BrN5O2S. The van der Waals surface area contributed by atoms with Crippen LogP contribution in [0.5, 0.6) is 5.75 Å². The van der Waals surface area contributed by atoms with E-state index in [-0.39, 0.29) is 10.8 Å². The van der Waals surface area contributed by atoms with Gasteiger partial charge in [0, 0.05) is 31.5 Å². The fraction of sp³-hybridized carbons (Fsp3) is 0.478. The van der Waals surface area contributed by atoms with Crippen molar-refractivity contribution in [2.75, 3.05) is 18.0 Å². The van der Waals surface area contributed by atoms with Crippen LogP contribution in [0.4, 0.5) is 5.82 Å². The van der Waals surface area contributed by atoms with Gasteiger partial charge in [-0.1, -0.05) is 18.2 Å². The van der Waals surface area contributed by atoms with Crippen LogP contribution < -0.4 is 14.4 Å². The molecule has 1 N–H and O–H groups in total. The Morgan fingerprint density at radius 3 is 2.66 bits per heavy atom. The molecule has 2 atom stereocenters. The minimum absolute atomic E-state index is 0.115. The number of hydrogen-bond donors (Lipinski definition) is 1. The number of ether oxygens (including phenoxy) is 1. The van der Waals surface area contributed by atoms with Gasteiger partial charge in [-0.3, -0.25) is 0 Å². The molecule has 1 spiro atoms. The maximum absolute atomic E-state index is 13.0. The van der Waals surface area contributed by atoms with Gasteiger partial charge in [0.1, 0.15) is 21.5 Å². The number of piperidine rings is 1. The maximum Gasteiger partial charge on any atom is 0.155 e. The van der Waals surface area contributed by atoms with E-state index in [1.165, 1.54) is 0 Å². The Morgan fingerprint density at radius 2 is 1.94 bits per heavy atom. The number of aromatic nitrogens is 3. The van der Waals surface area contributed by atoms with Crippen LogP contribution in [0, 0.1) is 6.92 Å². The van der Waals surface area contributed by atoms with Crippen molar-refractivity contribution in [3.63, 3.8) is 0 Å². The van der Waals surface area contributed by atoms with Crippen LogP contribution in [0.1, 0.15) is 50.9 Å². The molecule has 1 fully saturated rings. The standard InChI is InChI=1S/C23H28BrN5O2S/c1-15-20(24)29-17(9-12-25-29)21(26-15)28-13-10-23(11-14-28)19(27-32(30)22(2,3)4)16-7-5-6-8-18(16)31-23/h5-9,12,19,27H,10-11,13-14H2,1-4H3/t19-,32?/m1/s1. The minimum Gasteiger partial charge on any atom is -0.485 e. The van der Waals surface area contributed by atoms with E-state index >= 15 is 0 Å². The van der Waals surface area contributed by atoms with E-state index in [0.717, 1.165) is 58.9 Å². The predicted molar refractivity (Wildman–Crippen MR) is 130 cm³/mol. The van der Waals surface area contributed by atoms with Crippen molar-refractivity contribution in [3.05, 3.63) is 52.4 Å². The summed E-state index contributed by atoms with van der Waals surface area (Å²) in [6.45, 7) is 9.55. The highest BCUT2D eigenvalue weighted by Gasteiger charge is 2.51. The molecule has 32 heavy (non-hydrogen) atoms. The number of aryl methyl sites for hydroxylation is 1. The van der Waals surface area contributed by atoms with Gasteiger partial charge in [0.05, 0.1) is 33.7 Å². The van der Waals surface area contributed by atoms with Gasteiger partial charge in [0.25, 0.3) is 0 Å². The Labute approximate surface area is 199 Å². The van der Waals surface area contributed by atoms with E-state index in [1.807, 2.05) is 56.5 Å². The number of anilines is 1. The normalized spacial score (nSPS) is 21.0. The molecule has 2 aliphatic heterocycles. The van der Waals surface area contributed by atoms with Gasteiger partial charge in [-0.05, 0) is 55.8 Å². The van der Waals surface area contributed by atoms with Crippen molar-refractivity contribution in [2.24, 2.45) is 0 Å². The first kappa shape index (κ1) is 21.9. The SMILES string of the molecule is Cc1nc(N2CCC3(CC2)Oc2ccccc2[C@H]3NS(=O)C(C)(C)C)c2ccnn2c1Br. The molecule has 170 valence electrons. The topological polar surface area (TPSA) is 71.8 Å². The summed E-state index contributed by atoms with van der Waals surface area (Å²) in [6.07, 6.45) is 3.41. The molecule has 2 aromatic heterocycles. The van der Waals surface area contributed by atoms with Crippen molar-refractivity contribution < 1.29 is 8.95 Å². The lowest BCUT2D eigenvalue weighted by Gasteiger charge is -2.43. The second-order valence-electron chi connectivity index (χ2n) is 9.56.